The number of carbonyl (C=O) groups is 2. The quantitative estimate of drug-likeness (QED) is 0.546. The lowest BCUT2D eigenvalue weighted by Gasteiger charge is -2.25. The van der Waals surface area contributed by atoms with Crippen molar-refractivity contribution in [2.24, 2.45) is 7.05 Å². The van der Waals surface area contributed by atoms with E-state index in [1.54, 1.807) is 27.4 Å². The van der Waals surface area contributed by atoms with Crippen molar-refractivity contribution in [2.75, 3.05) is 27.9 Å². The van der Waals surface area contributed by atoms with Crippen LogP contribution in [0.15, 0.2) is 54.7 Å². The van der Waals surface area contributed by atoms with Crippen LogP contribution in [0.2, 0.25) is 0 Å². The van der Waals surface area contributed by atoms with Crippen molar-refractivity contribution in [1.82, 2.24) is 9.47 Å². The second-order valence-corrected chi connectivity index (χ2v) is 8.00. The molecule has 0 aliphatic carbocycles. The molecule has 1 aromatic heterocycles. The molecule has 0 radical (unpaired) electrons. The van der Waals surface area contributed by atoms with E-state index in [0.29, 0.717) is 30.2 Å². The number of rotatable bonds is 7. The Morgan fingerprint density at radius 3 is 2.39 bits per heavy atom. The fraction of sp³-hybridized carbons (Fsp3) is 0.308. The molecule has 0 saturated carbocycles. The van der Waals surface area contributed by atoms with Crippen LogP contribution in [0, 0.1) is 0 Å². The number of methoxy groups -OCH3 is 3. The lowest BCUT2D eigenvalue weighted by Crippen LogP contribution is -2.38. The minimum Gasteiger partial charge on any atom is -0.493 e. The smallest absolute Gasteiger partial charge is 0.252 e. The van der Waals surface area contributed by atoms with E-state index in [0.717, 1.165) is 22.0 Å². The monoisotopic (exact) mass is 448 g/mol. The summed E-state index contributed by atoms with van der Waals surface area (Å²) in [7, 11) is 6.68. The Hall–Kier alpha value is -3.74. The Kier molecular flexibility index (Phi) is 6.40. The van der Waals surface area contributed by atoms with Gasteiger partial charge in [-0.25, -0.2) is 0 Å². The lowest BCUT2D eigenvalue weighted by atomic mass is 9.87. The number of hydrogen-bond acceptors (Lipinski definition) is 5. The van der Waals surface area contributed by atoms with E-state index in [1.165, 1.54) is 11.0 Å². The molecule has 0 bridgehead atoms. The lowest BCUT2D eigenvalue weighted by molar-refractivity contribution is -0.142. The molecule has 0 saturated heterocycles. The number of aromatic nitrogens is 1. The predicted molar refractivity (Wildman–Crippen MR) is 126 cm³/mol. The Balaban J connectivity index is 1.85. The number of imide groups is 1. The summed E-state index contributed by atoms with van der Waals surface area (Å²) in [4.78, 5) is 27.0. The average molecular weight is 449 g/mol. The van der Waals surface area contributed by atoms with Crippen molar-refractivity contribution in [3.8, 4) is 17.2 Å². The van der Waals surface area contributed by atoms with Gasteiger partial charge in [-0.15, -0.1) is 0 Å². The molecule has 3 aromatic rings. The van der Waals surface area contributed by atoms with Crippen LogP contribution < -0.4 is 14.2 Å². The Labute approximate surface area is 193 Å². The van der Waals surface area contributed by atoms with E-state index in [2.05, 4.69) is 10.6 Å². The van der Waals surface area contributed by atoms with E-state index in [-0.39, 0.29) is 24.2 Å². The second-order valence-electron chi connectivity index (χ2n) is 8.00. The van der Waals surface area contributed by atoms with Gasteiger partial charge in [0.05, 0.1) is 21.3 Å². The minimum absolute atomic E-state index is 0.131. The number of fused-ring (bicyclic) bond motifs is 1. The zero-order valence-corrected chi connectivity index (χ0v) is 19.3. The first-order valence-corrected chi connectivity index (χ1v) is 10.8. The van der Waals surface area contributed by atoms with Crippen LogP contribution in [0.25, 0.3) is 10.9 Å². The average Bonchev–Trinajstić information content (AvgIpc) is 3.18. The highest BCUT2D eigenvalue weighted by molar-refractivity contribution is 6.02. The second kappa shape index (κ2) is 9.40. The molecular formula is C26H28N2O5. The van der Waals surface area contributed by atoms with Crippen molar-refractivity contribution in [3.05, 3.63) is 65.9 Å². The van der Waals surface area contributed by atoms with Gasteiger partial charge in [-0.2, -0.15) is 0 Å². The van der Waals surface area contributed by atoms with Gasteiger partial charge in [0.25, 0.3) is 5.91 Å². The maximum absolute atomic E-state index is 13.3. The number of hydrogen-bond donors (Lipinski definition) is 0. The fourth-order valence-electron chi connectivity index (χ4n) is 4.48. The van der Waals surface area contributed by atoms with Gasteiger partial charge in [0.2, 0.25) is 11.7 Å². The van der Waals surface area contributed by atoms with Gasteiger partial charge in [-0.3, -0.25) is 14.5 Å². The predicted octanol–water partition coefficient (Wildman–Crippen LogP) is 4.04. The van der Waals surface area contributed by atoms with Crippen molar-refractivity contribution in [2.45, 2.75) is 18.8 Å². The van der Waals surface area contributed by atoms with Crippen LogP contribution >= 0.6 is 0 Å². The fourth-order valence-corrected chi connectivity index (χ4v) is 4.48. The third-order valence-electron chi connectivity index (χ3n) is 6.12. The van der Waals surface area contributed by atoms with E-state index in [4.69, 9.17) is 14.2 Å². The Bertz CT molecular complexity index is 1200. The van der Waals surface area contributed by atoms with E-state index >= 15 is 0 Å². The van der Waals surface area contributed by atoms with Crippen LogP contribution in [-0.2, 0) is 16.6 Å². The maximum Gasteiger partial charge on any atom is 0.252 e. The number of para-hydroxylation sites is 1. The summed E-state index contributed by atoms with van der Waals surface area (Å²) < 4.78 is 18.7. The van der Waals surface area contributed by atoms with Gasteiger partial charge in [-0.1, -0.05) is 24.3 Å². The SMILES string of the molecule is COc1cc(C(CC(=O)N2CCC=CC2=O)c2cn(C)c3ccccc23)cc(OC)c1OC. The van der Waals surface area contributed by atoms with Crippen molar-refractivity contribution >= 4 is 22.7 Å². The molecule has 0 spiro atoms. The summed E-state index contributed by atoms with van der Waals surface area (Å²) in [6.07, 6.45) is 6.11. The molecule has 33 heavy (non-hydrogen) atoms. The molecule has 1 aliphatic rings. The van der Waals surface area contributed by atoms with E-state index < -0.39 is 0 Å². The number of benzene rings is 2. The summed E-state index contributed by atoms with van der Waals surface area (Å²) in [6, 6.07) is 11.8. The zero-order chi connectivity index (χ0) is 23.5. The summed E-state index contributed by atoms with van der Waals surface area (Å²) in [5, 5.41) is 1.05. The molecule has 4 rings (SSSR count). The highest BCUT2D eigenvalue weighted by atomic mass is 16.5. The summed E-state index contributed by atoms with van der Waals surface area (Å²) in [6.45, 7) is 0.395. The first-order chi connectivity index (χ1) is 16.0. The summed E-state index contributed by atoms with van der Waals surface area (Å²) >= 11 is 0. The highest BCUT2D eigenvalue weighted by Crippen LogP contribution is 2.43. The molecule has 0 fully saturated rings. The van der Waals surface area contributed by atoms with E-state index in [1.807, 2.05) is 43.6 Å². The zero-order valence-electron chi connectivity index (χ0n) is 19.3. The van der Waals surface area contributed by atoms with Gasteiger partial charge in [-0.05, 0) is 41.8 Å². The molecule has 2 amide bonds. The number of aryl methyl sites for hydroxylation is 1. The first-order valence-electron chi connectivity index (χ1n) is 10.8. The molecule has 2 heterocycles. The summed E-state index contributed by atoms with van der Waals surface area (Å²) in [5.41, 5.74) is 2.90. The maximum atomic E-state index is 13.3. The van der Waals surface area contributed by atoms with Gasteiger partial charge < -0.3 is 18.8 Å². The normalized spacial score (nSPS) is 14.4. The molecule has 7 heteroatoms. The Morgan fingerprint density at radius 2 is 1.76 bits per heavy atom. The third-order valence-corrected chi connectivity index (χ3v) is 6.12. The van der Waals surface area contributed by atoms with E-state index in [9.17, 15) is 9.59 Å². The van der Waals surface area contributed by atoms with Crippen LogP contribution in [0.3, 0.4) is 0 Å². The first kappa shape index (κ1) is 22.5. The number of nitrogens with zero attached hydrogens (tertiary/aromatic N) is 2. The Morgan fingerprint density at radius 1 is 1.06 bits per heavy atom. The molecule has 2 aromatic carbocycles. The molecule has 1 aliphatic heterocycles. The van der Waals surface area contributed by atoms with Crippen LogP contribution in [0.1, 0.15) is 29.9 Å². The largest absolute Gasteiger partial charge is 0.493 e. The number of carbonyl (C=O) groups excluding carboxylic acids is 2. The highest BCUT2D eigenvalue weighted by Gasteiger charge is 2.29. The van der Waals surface area contributed by atoms with Gasteiger partial charge >= 0.3 is 0 Å². The topological polar surface area (TPSA) is 70.0 Å². The molecule has 172 valence electrons. The molecular weight excluding hydrogens is 420 g/mol. The van der Waals surface area contributed by atoms with Gasteiger partial charge in [0.15, 0.2) is 11.5 Å². The third kappa shape index (κ3) is 4.18. The molecule has 1 unspecified atom stereocenters. The minimum atomic E-state index is -0.323. The van der Waals surface area contributed by atoms with Crippen LogP contribution in [0.5, 0.6) is 17.2 Å². The van der Waals surface area contributed by atoms with Crippen molar-refractivity contribution in [3.63, 3.8) is 0 Å². The van der Waals surface area contributed by atoms with Crippen LogP contribution in [-0.4, -0.2) is 49.2 Å². The van der Waals surface area contributed by atoms with Crippen LogP contribution in [0.4, 0.5) is 0 Å². The number of amides is 2. The number of ether oxygens (including phenoxy) is 3. The van der Waals surface area contributed by atoms with Gasteiger partial charge in [0.1, 0.15) is 0 Å². The molecule has 0 N–H and O–H groups in total. The molecule has 7 nitrogen and oxygen atoms in total. The van der Waals surface area contributed by atoms with Crippen molar-refractivity contribution in [1.29, 1.82) is 0 Å². The molecule has 1 atom stereocenters. The standard InChI is InChI=1S/C26H28N2O5/c1-27-16-20(18-9-5-6-10-21(18)27)19(15-25(30)28-12-8-7-11-24(28)29)17-13-22(31-2)26(33-4)23(14-17)32-3/h5-7,9-11,13-14,16,19H,8,12,15H2,1-4H3. The van der Waals surface area contributed by atoms with Crippen molar-refractivity contribution < 1.29 is 23.8 Å². The van der Waals surface area contributed by atoms with Gasteiger partial charge in [0, 0.05) is 43.0 Å². The summed E-state index contributed by atoms with van der Waals surface area (Å²) in [5.74, 6) is 0.714.